The molecule has 1 heterocycles. The predicted molar refractivity (Wildman–Crippen MR) is 69.8 cm³/mol. The van der Waals surface area contributed by atoms with Gasteiger partial charge < -0.3 is 9.67 Å². The fourth-order valence-electron chi connectivity index (χ4n) is 2.37. The largest absolute Gasteiger partial charge is 0.477 e. The molecule has 0 radical (unpaired) electrons. The lowest BCUT2D eigenvalue weighted by Crippen LogP contribution is -2.06. The standard InChI is InChI=1S/C14H16N2O2/c1-8-5-9(2)12(10(3)6-8)13-15-7-11(14(17)18)16(13)4/h5-7H,1-4H3,(H,17,18). The van der Waals surface area contributed by atoms with Crippen LogP contribution in [0.5, 0.6) is 0 Å². The second-order valence-corrected chi connectivity index (χ2v) is 4.60. The molecule has 0 saturated heterocycles. The van der Waals surface area contributed by atoms with Crippen molar-refractivity contribution in [1.29, 1.82) is 0 Å². The first-order valence-electron chi connectivity index (χ1n) is 5.75. The van der Waals surface area contributed by atoms with Gasteiger partial charge in [-0.2, -0.15) is 0 Å². The molecule has 94 valence electrons. The van der Waals surface area contributed by atoms with Gasteiger partial charge in [0.15, 0.2) is 0 Å². The second-order valence-electron chi connectivity index (χ2n) is 4.60. The summed E-state index contributed by atoms with van der Waals surface area (Å²) in [6, 6.07) is 4.16. The molecule has 0 fully saturated rings. The zero-order valence-electron chi connectivity index (χ0n) is 11.0. The summed E-state index contributed by atoms with van der Waals surface area (Å²) in [6.07, 6.45) is 1.40. The lowest BCUT2D eigenvalue weighted by atomic mass is 9.99. The monoisotopic (exact) mass is 244 g/mol. The summed E-state index contributed by atoms with van der Waals surface area (Å²) < 4.78 is 1.62. The molecule has 0 amide bonds. The molecule has 0 atom stereocenters. The SMILES string of the molecule is Cc1cc(C)c(-c2ncc(C(=O)O)n2C)c(C)c1. The van der Waals surface area contributed by atoms with E-state index in [0.29, 0.717) is 5.82 Å². The van der Waals surface area contributed by atoms with Gasteiger partial charge in [-0.25, -0.2) is 9.78 Å². The maximum absolute atomic E-state index is 11.0. The molecule has 0 aliphatic heterocycles. The highest BCUT2D eigenvalue weighted by atomic mass is 16.4. The van der Waals surface area contributed by atoms with Gasteiger partial charge in [-0.3, -0.25) is 0 Å². The average molecular weight is 244 g/mol. The van der Waals surface area contributed by atoms with Crippen LogP contribution in [0.3, 0.4) is 0 Å². The van der Waals surface area contributed by atoms with E-state index in [1.165, 1.54) is 11.8 Å². The molecular weight excluding hydrogens is 228 g/mol. The van der Waals surface area contributed by atoms with Crippen LogP contribution in [0.15, 0.2) is 18.3 Å². The van der Waals surface area contributed by atoms with E-state index in [1.54, 1.807) is 11.6 Å². The zero-order chi connectivity index (χ0) is 13.4. The first-order chi connectivity index (χ1) is 8.41. The van der Waals surface area contributed by atoms with Gasteiger partial charge in [0.1, 0.15) is 11.5 Å². The highest BCUT2D eigenvalue weighted by Gasteiger charge is 2.16. The normalized spacial score (nSPS) is 10.7. The minimum atomic E-state index is -0.960. The predicted octanol–water partition coefficient (Wildman–Crippen LogP) is 2.71. The first kappa shape index (κ1) is 12.4. The number of hydrogen-bond acceptors (Lipinski definition) is 2. The number of imidazole rings is 1. The number of rotatable bonds is 2. The van der Waals surface area contributed by atoms with E-state index in [9.17, 15) is 4.79 Å². The number of aryl methyl sites for hydroxylation is 3. The van der Waals surface area contributed by atoms with Crippen molar-refractivity contribution < 1.29 is 9.90 Å². The molecule has 2 rings (SSSR count). The van der Waals surface area contributed by atoms with Crippen LogP contribution in [-0.2, 0) is 7.05 Å². The van der Waals surface area contributed by atoms with Crippen molar-refractivity contribution in [2.24, 2.45) is 7.05 Å². The zero-order valence-corrected chi connectivity index (χ0v) is 11.0. The molecule has 1 aromatic carbocycles. The summed E-state index contributed by atoms with van der Waals surface area (Å²) in [7, 11) is 1.73. The summed E-state index contributed by atoms with van der Waals surface area (Å²) >= 11 is 0. The van der Waals surface area contributed by atoms with Crippen LogP contribution in [0, 0.1) is 20.8 Å². The number of hydrogen-bond donors (Lipinski definition) is 1. The Morgan fingerprint density at radius 3 is 2.22 bits per heavy atom. The van der Waals surface area contributed by atoms with Crippen molar-refractivity contribution in [3.8, 4) is 11.4 Å². The lowest BCUT2D eigenvalue weighted by molar-refractivity contribution is 0.0686. The Labute approximate surface area is 106 Å². The number of carboxylic acid groups (broad SMARTS) is 1. The fourth-order valence-corrected chi connectivity index (χ4v) is 2.37. The smallest absolute Gasteiger partial charge is 0.354 e. The van der Waals surface area contributed by atoms with E-state index in [1.807, 2.05) is 20.8 Å². The number of carbonyl (C=O) groups is 1. The van der Waals surface area contributed by atoms with Crippen molar-refractivity contribution in [3.05, 3.63) is 40.7 Å². The third kappa shape index (κ3) is 1.90. The minimum absolute atomic E-state index is 0.198. The van der Waals surface area contributed by atoms with Gasteiger partial charge in [0, 0.05) is 12.6 Å². The molecule has 0 saturated carbocycles. The molecule has 0 aliphatic rings. The Morgan fingerprint density at radius 2 is 1.78 bits per heavy atom. The van der Waals surface area contributed by atoms with Crippen molar-refractivity contribution in [1.82, 2.24) is 9.55 Å². The van der Waals surface area contributed by atoms with E-state index in [2.05, 4.69) is 17.1 Å². The third-order valence-corrected chi connectivity index (χ3v) is 3.11. The Balaban J connectivity index is 2.67. The van der Waals surface area contributed by atoms with Gasteiger partial charge in [-0.1, -0.05) is 17.7 Å². The third-order valence-electron chi connectivity index (χ3n) is 3.11. The Morgan fingerprint density at radius 1 is 1.22 bits per heavy atom. The summed E-state index contributed by atoms with van der Waals surface area (Å²) in [6.45, 7) is 6.08. The number of aromatic carboxylic acids is 1. The van der Waals surface area contributed by atoms with Gasteiger partial charge in [0.2, 0.25) is 0 Å². The van der Waals surface area contributed by atoms with E-state index in [-0.39, 0.29) is 5.69 Å². The van der Waals surface area contributed by atoms with Crippen molar-refractivity contribution in [2.75, 3.05) is 0 Å². The molecule has 0 bridgehead atoms. The minimum Gasteiger partial charge on any atom is -0.477 e. The topological polar surface area (TPSA) is 55.1 Å². The Kier molecular flexibility index (Phi) is 2.95. The van der Waals surface area contributed by atoms with Crippen LogP contribution in [-0.4, -0.2) is 20.6 Å². The molecule has 2 aromatic rings. The summed E-state index contributed by atoms with van der Waals surface area (Å²) in [4.78, 5) is 15.3. The molecule has 4 nitrogen and oxygen atoms in total. The molecule has 1 aromatic heterocycles. The van der Waals surface area contributed by atoms with E-state index in [0.717, 1.165) is 16.7 Å². The van der Waals surface area contributed by atoms with Crippen LogP contribution in [0.25, 0.3) is 11.4 Å². The van der Waals surface area contributed by atoms with Gasteiger partial charge in [0.25, 0.3) is 0 Å². The van der Waals surface area contributed by atoms with Gasteiger partial charge in [-0.15, -0.1) is 0 Å². The quantitative estimate of drug-likeness (QED) is 0.883. The molecule has 4 heteroatoms. The van der Waals surface area contributed by atoms with E-state index in [4.69, 9.17) is 5.11 Å². The van der Waals surface area contributed by atoms with Crippen LogP contribution in [0.4, 0.5) is 0 Å². The molecule has 0 spiro atoms. The summed E-state index contributed by atoms with van der Waals surface area (Å²) in [5.41, 5.74) is 4.62. The molecule has 18 heavy (non-hydrogen) atoms. The molecule has 1 N–H and O–H groups in total. The van der Waals surface area contributed by atoms with Crippen LogP contribution in [0.2, 0.25) is 0 Å². The Hall–Kier alpha value is -2.10. The Bertz CT molecular complexity index is 604. The van der Waals surface area contributed by atoms with Crippen LogP contribution >= 0.6 is 0 Å². The van der Waals surface area contributed by atoms with Gasteiger partial charge in [0.05, 0.1) is 6.20 Å². The molecule has 0 aliphatic carbocycles. The van der Waals surface area contributed by atoms with Crippen molar-refractivity contribution >= 4 is 5.97 Å². The highest BCUT2D eigenvalue weighted by molar-refractivity contribution is 5.86. The van der Waals surface area contributed by atoms with Crippen molar-refractivity contribution in [2.45, 2.75) is 20.8 Å². The van der Waals surface area contributed by atoms with E-state index < -0.39 is 5.97 Å². The van der Waals surface area contributed by atoms with Crippen molar-refractivity contribution in [3.63, 3.8) is 0 Å². The number of carboxylic acids is 1. The first-order valence-corrected chi connectivity index (χ1v) is 5.75. The van der Waals surface area contributed by atoms with Gasteiger partial charge >= 0.3 is 5.97 Å². The number of aromatic nitrogens is 2. The van der Waals surface area contributed by atoms with Gasteiger partial charge in [-0.05, 0) is 31.9 Å². The lowest BCUT2D eigenvalue weighted by Gasteiger charge is -2.11. The summed E-state index contributed by atoms with van der Waals surface area (Å²) in [5, 5.41) is 9.05. The average Bonchev–Trinajstić information content (AvgIpc) is 2.59. The maximum atomic E-state index is 11.0. The number of nitrogens with zero attached hydrogens (tertiary/aromatic N) is 2. The molecular formula is C14H16N2O2. The van der Waals surface area contributed by atoms with Crippen LogP contribution in [0.1, 0.15) is 27.2 Å². The number of benzene rings is 1. The summed E-state index contributed by atoms with van der Waals surface area (Å²) in [5.74, 6) is -0.263. The fraction of sp³-hybridized carbons (Fsp3) is 0.286. The molecule has 0 unspecified atom stereocenters. The highest BCUT2D eigenvalue weighted by Crippen LogP contribution is 2.27. The van der Waals surface area contributed by atoms with Crippen LogP contribution < -0.4 is 0 Å². The second kappa shape index (κ2) is 4.29. The maximum Gasteiger partial charge on any atom is 0.354 e. The van der Waals surface area contributed by atoms with E-state index >= 15 is 0 Å².